The van der Waals surface area contributed by atoms with E-state index < -0.39 is 12.0 Å². The number of rotatable bonds is 3. The summed E-state index contributed by atoms with van der Waals surface area (Å²) in [5.74, 6) is 0.632. The lowest BCUT2D eigenvalue weighted by Crippen LogP contribution is -2.33. The highest BCUT2D eigenvalue weighted by Crippen LogP contribution is 2.24. The van der Waals surface area contributed by atoms with E-state index in [0.717, 1.165) is 17.5 Å². The van der Waals surface area contributed by atoms with Crippen LogP contribution in [-0.2, 0) is 17.8 Å². The van der Waals surface area contributed by atoms with Crippen molar-refractivity contribution in [3.63, 3.8) is 0 Å². The van der Waals surface area contributed by atoms with Crippen molar-refractivity contribution >= 4 is 17.7 Å². The topological polar surface area (TPSA) is 94.0 Å². The minimum atomic E-state index is -1.01. The third kappa shape index (κ3) is 1.60. The summed E-state index contributed by atoms with van der Waals surface area (Å²) in [5.41, 5.74) is 5.41. The highest BCUT2D eigenvalue weighted by atomic mass is 32.2. The Balaban J connectivity index is 2.14. The van der Waals surface area contributed by atoms with Crippen LogP contribution in [-0.4, -0.2) is 37.6 Å². The van der Waals surface area contributed by atoms with Gasteiger partial charge < -0.3 is 15.4 Å². The van der Waals surface area contributed by atoms with Crippen LogP contribution in [0.2, 0.25) is 0 Å². The van der Waals surface area contributed by atoms with E-state index >= 15 is 0 Å². The Morgan fingerprint density at radius 2 is 2.50 bits per heavy atom. The second-order valence-corrected chi connectivity index (χ2v) is 4.11. The first-order valence-electron chi connectivity index (χ1n) is 4.21. The van der Waals surface area contributed by atoms with Gasteiger partial charge in [0.15, 0.2) is 5.16 Å². The monoisotopic (exact) mass is 214 g/mol. The molecule has 0 saturated heterocycles. The normalized spacial score (nSPS) is 16.6. The average molecular weight is 214 g/mol. The van der Waals surface area contributed by atoms with E-state index in [0.29, 0.717) is 5.82 Å². The number of hydrogen-bond donors (Lipinski definition) is 2. The molecule has 0 fully saturated rings. The van der Waals surface area contributed by atoms with Crippen LogP contribution in [0.3, 0.4) is 0 Å². The molecule has 1 aromatic rings. The maximum absolute atomic E-state index is 10.5. The molecule has 0 aliphatic carbocycles. The summed E-state index contributed by atoms with van der Waals surface area (Å²) in [6.07, 6.45) is 0.239. The van der Waals surface area contributed by atoms with Gasteiger partial charge in [0.25, 0.3) is 0 Å². The molecule has 0 spiro atoms. The SMILES string of the molecule is NC(Cc1nnc2n1CCS2)C(=O)O. The molecule has 1 aromatic heterocycles. The number of nitrogens with two attached hydrogens (primary N) is 1. The number of aromatic nitrogens is 3. The van der Waals surface area contributed by atoms with Crippen molar-refractivity contribution in [3.05, 3.63) is 5.82 Å². The smallest absolute Gasteiger partial charge is 0.320 e. The molecule has 1 unspecified atom stereocenters. The van der Waals surface area contributed by atoms with Crippen LogP contribution < -0.4 is 5.73 Å². The molecule has 1 aliphatic rings. The van der Waals surface area contributed by atoms with Gasteiger partial charge in [-0.2, -0.15) is 0 Å². The summed E-state index contributed by atoms with van der Waals surface area (Å²) in [4.78, 5) is 10.5. The van der Waals surface area contributed by atoms with Gasteiger partial charge in [0.05, 0.1) is 0 Å². The van der Waals surface area contributed by atoms with E-state index in [9.17, 15) is 4.79 Å². The summed E-state index contributed by atoms with van der Waals surface area (Å²) in [5, 5.41) is 17.3. The minimum absolute atomic E-state index is 0.239. The fourth-order valence-corrected chi connectivity index (χ4v) is 2.22. The molecule has 2 rings (SSSR count). The number of hydrogen-bond acceptors (Lipinski definition) is 5. The van der Waals surface area contributed by atoms with Gasteiger partial charge in [0.1, 0.15) is 11.9 Å². The molecule has 6 nitrogen and oxygen atoms in total. The van der Waals surface area contributed by atoms with Crippen LogP contribution in [0, 0.1) is 0 Å². The third-order valence-corrected chi connectivity index (χ3v) is 3.01. The van der Waals surface area contributed by atoms with Crippen molar-refractivity contribution in [3.8, 4) is 0 Å². The van der Waals surface area contributed by atoms with Gasteiger partial charge in [-0.15, -0.1) is 10.2 Å². The molecular weight excluding hydrogens is 204 g/mol. The van der Waals surface area contributed by atoms with Crippen molar-refractivity contribution in [2.24, 2.45) is 5.73 Å². The predicted octanol–water partition coefficient (Wildman–Crippen LogP) is -0.662. The Labute approximate surface area is 84.5 Å². The third-order valence-electron chi connectivity index (χ3n) is 2.06. The molecule has 0 saturated carbocycles. The molecule has 1 atom stereocenters. The summed E-state index contributed by atoms with van der Waals surface area (Å²) >= 11 is 1.63. The number of carboxylic acids is 1. The van der Waals surface area contributed by atoms with Crippen molar-refractivity contribution in [2.75, 3.05) is 5.75 Å². The number of carbonyl (C=O) groups is 1. The second-order valence-electron chi connectivity index (χ2n) is 3.05. The molecule has 14 heavy (non-hydrogen) atoms. The maximum atomic E-state index is 10.5. The molecular formula is C7H10N4O2S. The van der Waals surface area contributed by atoms with E-state index in [1.54, 1.807) is 11.8 Å². The first-order valence-corrected chi connectivity index (χ1v) is 5.20. The first-order chi connectivity index (χ1) is 6.68. The molecule has 7 heteroatoms. The van der Waals surface area contributed by atoms with Gasteiger partial charge in [0, 0.05) is 18.7 Å². The van der Waals surface area contributed by atoms with E-state index in [-0.39, 0.29) is 6.42 Å². The fourth-order valence-electron chi connectivity index (χ4n) is 1.31. The zero-order valence-corrected chi connectivity index (χ0v) is 8.20. The average Bonchev–Trinajstić information content (AvgIpc) is 2.69. The largest absolute Gasteiger partial charge is 0.480 e. The molecule has 76 valence electrons. The second kappa shape index (κ2) is 3.58. The number of aliphatic carboxylic acids is 1. The minimum Gasteiger partial charge on any atom is -0.480 e. The molecule has 0 bridgehead atoms. The van der Waals surface area contributed by atoms with Crippen molar-refractivity contribution in [2.45, 2.75) is 24.2 Å². The lowest BCUT2D eigenvalue weighted by Gasteiger charge is -2.05. The highest BCUT2D eigenvalue weighted by molar-refractivity contribution is 7.99. The zero-order valence-electron chi connectivity index (χ0n) is 7.38. The predicted molar refractivity (Wildman–Crippen MR) is 50.1 cm³/mol. The van der Waals surface area contributed by atoms with Gasteiger partial charge >= 0.3 is 5.97 Å². The quantitative estimate of drug-likeness (QED) is 0.693. The molecule has 1 aliphatic heterocycles. The van der Waals surface area contributed by atoms with E-state index in [2.05, 4.69) is 10.2 Å². The summed E-state index contributed by atoms with van der Waals surface area (Å²) in [6, 6.07) is -0.895. The van der Waals surface area contributed by atoms with Gasteiger partial charge in [0.2, 0.25) is 0 Å². The molecule has 0 aromatic carbocycles. The Morgan fingerprint density at radius 1 is 1.71 bits per heavy atom. The summed E-state index contributed by atoms with van der Waals surface area (Å²) in [6.45, 7) is 0.842. The maximum Gasteiger partial charge on any atom is 0.320 e. The Kier molecular flexibility index (Phi) is 2.42. The highest BCUT2D eigenvalue weighted by Gasteiger charge is 2.21. The molecule has 0 radical (unpaired) electrons. The van der Waals surface area contributed by atoms with Crippen LogP contribution in [0.1, 0.15) is 5.82 Å². The van der Waals surface area contributed by atoms with Gasteiger partial charge in [-0.1, -0.05) is 11.8 Å². The lowest BCUT2D eigenvalue weighted by atomic mass is 10.2. The van der Waals surface area contributed by atoms with Gasteiger partial charge in [-0.25, -0.2) is 0 Å². The summed E-state index contributed by atoms with van der Waals surface area (Å²) < 4.78 is 1.92. The van der Waals surface area contributed by atoms with Crippen molar-refractivity contribution < 1.29 is 9.90 Å². The van der Waals surface area contributed by atoms with Crippen LogP contribution >= 0.6 is 11.8 Å². The number of thioether (sulfide) groups is 1. The van der Waals surface area contributed by atoms with Crippen LogP contribution in [0.25, 0.3) is 0 Å². The molecule has 2 heterocycles. The lowest BCUT2D eigenvalue weighted by molar-refractivity contribution is -0.138. The standard InChI is InChI=1S/C7H10N4O2S/c8-4(6(12)13)3-5-9-10-7-11(5)1-2-14-7/h4H,1-3,8H2,(H,12,13). The Bertz CT molecular complexity index is 365. The molecule has 0 amide bonds. The number of nitrogens with zero attached hydrogens (tertiary/aromatic N) is 3. The first kappa shape index (κ1) is 9.47. The van der Waals surface area contributed by atoms with Gasteiger partial charge in [-0.3, -0.25) is 4.79 Å². The van der Waals surface area contributed by atoms with E-state index in [1.165, 1.54) is 0 Å². The van der Waals surface area contributed by atoms with Crippen LogP contribution in [0.4, 0.5) is 0 Å². The van der Waals surface area contributed by atoms with Crippen molar-refractivity contribution in [1.82, 2.24) is 14.8 Å². The summed E-state index contributed by atoms with van der Waals surface area (Å²) in [7, 11) is 0. The van der Waals surface area contributed by atoms with Crippen molar-refractivity contribution in [1.29, 1.82) is 0 Å². The van der Waals surface area contributed by atoms with E-state index in [4.69, 9.17) is 10.8 Å². The van der Waals surface area contributed by atoms with E-state index in [1.807, 2.05) is 4.57 Å². The van der Waals surface area contributed by atoms with Crippen LogP contribution in [0.15, 0.2) is 5.16 Å². The van der Waals surface area contributed by atoms with Gasteiger partial charge in [-0.05, 0) is 0 Å². The van der Waals surface area contributed by atoms with Crippen LogP contribution in [0.5, 0.6) is 0 Å². The Hall–Kier alpha value is -1.08. The fraction of sp³-hybridized carbons (Fsp3) is 0.571. The Morgan fingerprint density at radius 3 is 3.21 bits per heavy atom. The number of carboxylic acid groups (broad SMARTS) is 1. The number of fused-ring (bicyclic) bond motifs is 1. The molecule has 3 N–H and O–H groups in total. The zero-order chi connectivity index (χ0) is 10.1.